The van der Waals surface area contributed by atoms with E-state index in [4.69, 9.17) is 0 Å². The van der Waals surface area contributed by atoms with Crippen molar-refractivity contribution in [3.63, 3.8) is 0 Å². The van der Waals surface area contributed by atoms with Gasteiger partial charge in [-0.15, -0.1) is 0 Å². The largest absolute Gasteiger partial charge is 0.390 e. The first-order chi connectivity index (χ1) is 7.47. The Hall–Kier alpha value is -0.290. The zero-order valence-corrected chi connectivity index (χ0v) is 9.82. The minimum Gasteiger partial charge on any atom is -0.316 e. The molecule has 16 heavy (non-hydrogen) atoms. The molecule has 0 bridgehead atoms. The lowest BCUT2D eigenvalue weighted by atomic mass is 10.0. The van der Waals surface area contributed by atoms with Gasteiger partial charge in [0, 0.05) is 6.54 Å². The van der Waals surface area contributed by atoms with Crippen molar-refractivity contribution in [1.29, 1.82) is 0 Å². The van der Waals surface area contributed by atoms with Crippen LogP contribution in [0.5, 0.6) is 0 Å². The second-order valence-corrected chi connectivity index (χ2v) is 4.67. The fourth-order valence-corrected chi connectivity index (χ4v) is 2.04. The minimum atomic E-state index is -4.02. The highest BCUT2D eigenvalue weighted by molar-refractivity contribution is 4.71. The first kappa shape index (κ1) is 13.8. The van der Waals surface area contributed by atoms with E-state index in [0.29, 0.717) is 0 Å². The molecule has 0 aromatic heterocycles. The van der Waals surface area contributed by atoms with Crippen molar-refractivity contribution >= 4 is 0 Å². The van der Waals surface area contributed by atoms with Gasteiger partial charge in [0.2, 0.25) is 0 Å². The molecule has 0 amide bonds. The van der Waals surface area contributed by atoms with Crippen molar-refractivity contribution in [2.24, 2.45) is 5.92 Å². The molecule has 1 unspecified atom stereocenters. The van der Waals surface area contributed by atoms with E-state index in [2.05, 4.69) is 5.32 Å². The maximum absolute atomic E-state index is 11.9. The Morgan fingerprint density at radius 1 is 1.31 bits per heavy atom. The maximum Gasteiger partial charge on any atom is 0.390 e. The molecule has 1 saturated heterocycles. The SMILES string of the molecule is CN(CCCC1CCNC1)CCC(F)(F)F. The lowest BCUT2D eigenvalue weighted by Crippen LogP contribution is -2.25. The summed E-state index contributed by atoms with van der Waals surface area (Å²) in [6.45, 7) is 3.06. The molecule has 0 spiro atoms. The number of nitrogens with zero attached hydrogens (tertiary/aromatic N) is 1. The van der Waals surface area contributed by atoms with Crippen LogP contribution in [0.15, 0.2) is 0 Å². The van der Waals surface area contributed by atoms with Gasteiger partial charge in [0.05, 0.1) is 6.42 Å². The summed E-state index contributed by atoms with van der Waals surface area (Å²) in [5, 5.41) is 3.29. The Morgan fingerprint density at radius 2 is 2.06 bits per heavy atom. The van der Waals surface area contributed by atoms with Crippen molar-refractivity contribution in [2.75, 3.05) is 33.2 Å². The van der Waals surface area contributed by atoms with Crippen molar-refractivity contribution in [1.82, 2.24) is 10.2 Å². The Balaban J connectivity index is 1.99. The zero-order valence-electron chi connectivity index (χ0n) is 9.82. The molecule has 1 aliphatic rings. The highest BCUT2D eigenvalue weighted by atomic mass is 19.4. The Labute approximate surface area is 95.2 Å². The average molecular weight is 238 g/mol. The van der Waals surface area contributed by atoms with Crippen LogP contribution < -0.4 is 5.32 Å². The molecule has 5 heteroatoms. The number of nitrogens with one attached hydrogen (secondary N) is 1. The molecule has 1 fully saturated rings. The second-order valence-electron chi connectivity index (χ2n) is 4.67. The van der Waals surface area contributed by atoms with Gasteiger partial charge in [-0.1, -0.05) is 0 Å². The highest BCUT2D eigenvalue weighted by Crippen LogP contribution is 2.20. The maximum atomic E-state index is 11.9. The number of hydrogen-bond donors (Lipinski definition) is 1. The summed E-state index contributed by atoms with van der Waals surface area (Å²) in [6.07, 6.45) is -1.38. The van der Waals surface area contributed by atoms with Crippen LogP contribution >= 0.6 is 0 Å². The van der Waals surface area contributed by atoms with Crippen molar-refractivity contribution in [3.05, 3.63) is 0 Å². The van der Waals surface area contributed by atoms with Crippen LogP contribution in [0, 0.1) is 5.92 Å². The predicted molar refractivity (Wildman–Crippen MR) is 58.4 cm³/mol. The molecule has 1 N–H and O–H groups in total. The van der Waals surface area contributed by atoms with E-state index < -0.39 is 12.6 Å². The van der Waals surface area contributed by atoms with Crippen molar-refractivity contribution in [3.8, 4) is 0 Å². The van der Waals surface area contributed by atoms with Crippen LogP contribution in [0.25, 0.3) is 0 Å². The molecule has 0 aliphatic carbocycles. The van der Waals surface area contributed by atoms with Crippen LogP contribution in [0.3, 0.4) is 0 Å². The number of halogens is 3. The van der Waals surface area contributed by atoms with E-state index in [9.17, 15) is 13.2 Å². The molecule has 96 valence electrons. The lowest BCUT2D eigenvalue weighted by Gasteiger charge is -2.18. The van der Waals surface area contributed by atoms with Crippen LogP contribution in [0.1, 0.15) is 25.7 Å². The van der Waals surface area contributed by atoms with Gasteiger partial charge in [-0.2, -0.15) is 13.2 Å². The van der Waals surface area contributed by atoms with Gasteiger partial charge < -0.3 is 10.2 Å². The topological polar surface area (TPSA) is 15.3 Å². The van der Waals surface area contributed by atoms with Crippen LogP contribution in [-0.4, -0.2) is 44.3 Å². The van der Waals surface area contributed by atoms with Crippen molar-refractivity contribution in [2.45, 2.75) is 31.9 Å². The van der Waals surface area contributed by atoms with E-state index in [1.54, 1.807) is 11.9 Å². The third-order valence-electron chi connectivity index (χ3n) is 3.09. The van der Waals surface area contributed by atoms with Gasteiger partial charge in [-0.25, -0.2) is 0 Å². The van der Waals surface area contributed by atoms with E-state index in [0.717, 1.165) is 38.4 Å². The summed E-state index contributed by atoms with van der Waals surface area (Å²) in [5.41, 5.74) is 0. The Bertz CT molecular complexity index is 188. The standard InChI is InChI=1S/C11H21F3N2/c1-16(8-5-11(12,13)14)7-2-3-10-4-6-15-9-10/h10,15H,2-9H2,1H3. The first-order valence-electron chi connectivity index (χ1n) is 5.93. The van der Waals surface area contributed by atoms with Gasteiger partial charge in [0.25, 0.3) is 0 Å². The molecule has 1 atom stereocenters. The normalized spacial score (nSPS) is 21.9. The third kappa shape index (κ3) is 6.33. The minimum absolute atomic E-state index is 0.117. The molecule has 1 rings (SSSR count). The number of alkyl halides is 3. The van der Waals surface area contributed by atoms with Gasteiger partial charge in [0.1, 0.15) is 0 Å². The molecule has 0 saturated carbocycles. The van der Waals surface area contributed by atoms with Crippen LogP contribution in [-0.2, 0) is 0 Å². The van der Waals surface area contributed by atoms with Crippen LogP contribution in [0.2, 0.25) is 0 Å². The fourth-order valence-electron chi connectivity index (χ4n) is 2.04. The van der Waals surface area contributed by atoms with Crippen molar-refractivity contribution < 1.29 is 13.2 Å². The molecular formula is C11H21F3N2. The Morgan fingerprint density at radius 3 is 2.62 bits per heavy atom. The van der Waals surface area contributed by atoms with E-state index >= 15 is 0 Å². The summed E-state index contributed by atoms with van der Waals surface area (Å²) in [6, 6.07) is 0. The second kappa shape index (κ2) is 6.45. The van der Waals surface area contributed by atoms with Crippen LogP contribution in [0.4, 0.5) is 13.2 Å². The molecular weight excluding hydrogens is 217 g/mol. The molecule has 0 radical (unpaired) electrons. The fraction of sp³-hybridized carbons (Fsp3) is 1.00. The van der Waals surface area contributed by atoms with E-state index in [1.165, 1.54) is 6.42 Å². The summed E-state index contributed by atoms with van der Waals surface area (Å²) in [5.74, 6) is 0.732. The number of hydrogen-bond acceptors (Lipinski definition) is 2. The quantitative estimate of drug-likeness (QED) is 0.763. The molecule has 0 aromatic carbocycles. The third-order valence-corrected chi connectivity index (χ3v) is 3.09. The Kier molecular flexibility index (Phi) is 5.55. The molecule has 2 nitrogen and oxygen atoms in total. The van der Waals surface area contributed by atoms with Gasteiger partial charge >= 0.3 is 6.18 Å². The van der Waals surface area contributed by atoms with Gasteiger partial charge in [-0.3, -0.25) is 0 Å². The van der Waals surface area contributed by atoms with Gasteiger partial charge in [0.15, 0.2) is 0 Å². The summed E-state index contributed by atoms with van der Waals surface area (Å²) < 4.78 is 35.8. The lowest BCUT2D eigenvalue weighted by molar-refractivity contribution is -0.137. The summed E-state index contributed by atoms with van der Waals surface area (Å²) in [4.78, 5) is 1.77. The van der Waals surface area contributed by atoms with E-state index in [1.807, 2.05) is 0 Å². The summed E-state index contributed by atoms with van der Waals surface area (Å²) in [7, 11) is 1.76. The average Bonchev–Trinajstić information content (AvgIpc) is 2.66. The first-order valence-corrected chi connectivity index (χ1v) is 5.93. The number of rotatable bonds is 6. The monoisotopic (exact) mass is 238 g/mol. The smallest absolute Gasteiger partial charge is 0.316 e. The van der Waals surface area contributed by atoms with E-state index in [-0.39, 0.29) is 6.54 Å². The molecule has 1 aliphatic heterocycles. The summed E-state index contributed by atoms with van der Waals surface area (Å²) >= 11 is 0. The molecule has 0 aromatic rings. The molecule has 1 heterocycles. The predicted octanol–water partition coefficient (Wildman–Crippen LogP) is 2.26. The van der Waals surface area contributed by atoms with Gasteiger partial charge in [-0.05, 0) is 51.9 Å². The highest BCUT2D eigenvalue weighted by Gasteiger charge is 2.26. The zero-order chi connectivity index (χ0) is 12.0.